The summed E-state index contributed by atoms with van der Waals surface area (Å²) in [5, 5.41) is 12.6. The fourth-order valence-electron chi connectivity index (χ4n) is 3.85. The Bertz CT molecular complexity index is 591. The molecule has 1 amide bonds. The summed E-state index contributed by atoms with van der Waals surface area (Å²) in [6, 6.07) is 6.86. The minimum atomic E-state index is -0.929. The normalized spacial score (nSPS) is 23.4. The van der Waals surface area contributed by atoms with Gasteiger partial charge in [0.25, 0.3) is 0 Å². The van der Waals surface area contributed by atoms with Gasteiger partial charge in [0.2, 0.25) is 5.91 Å². The molecule has 1 saturated carbocycles. The number of amides is 1. The Balaban J connectivity index is 1.89. The smallest absolute Gasteiger partial charge is 0.335 e. The molecule has 1 atom stereocenters. The molecular weight excluding hydrogens is 292 g/mol. The van der Waals surface area contributed by atoms with Gasteiger partial charge in [-0.1, -0.05) is 38.3 Å². The van der Waals surface area contributed by atoms with E-state index < -0.39 is 11.5 Å². The molecule has 3 rings (SSSR count). The summed E-state index contributed by atoms with van der Waals surface area (Å²) in [5.41, 5.74) is 0.815. The van der Waals surface area contributed by atoms with Crippen LogP contribution in [0.4, 0.5) is 0 Å². The third kappa shape index (κ3) is 2.85. The molecule has 5 nitrogen and oxygen atoms in total. The maximum Gasteiger partial charge on any atom is 0.335 e. The van der Waals surface area contributed by atoms with E-state index >= 15 is 0 Å². The summed E-state index contributed by atoms with van der Waals surface area (Å²) in [6.07, 6.45) is 5.93. The number of aromatic carboxylic acids is 1. The average Bonchev–Trinajstić information content (AvgIpc) is 2.82. The van der Waals surface area contributed by atoms with Gasteiger partial charge >= 0.3 is 5.97 Å². The van der Waals surface area contributed by atoms with E-state index in [1.54, 1.807) is 12.1 Å². The number of carboxylic acid groups (broad SMARTS) is 1. The maximum atomic E-state index is 13.0. The zero-order valence-electron chi connectivity index (χ0n) is 13.5. The molecule has 23 heavy (non-hydrogen) atoms. The van der Waals surface area contributed by atoms with Crippen molar-refractivity contribution in [2.45, 2.75) is 57.2 Å². The van der Waals surface area contributed by atoms with Crippen molar-refractivity contribution < 1.29 is 14.7 Å². The number of carbonyl (C=O) groups is 2. The Kier molecular flexibility index (Phi) is 4.39. The van der Waals surface area contributed by atoms with Crippen molar-refractivity contribution in [3.63, 3.8) is 0 Å². The second kappa shape index (κ2) is 6.32. The van der Waals surface area contributed by atoms with Crippen LogP contribution >= 0.6 is 0 Å². The number of hydrogen-bond acceptors (Lipinski definition) is 3. The zero-order chi connectivity index (χ0) is 16.4. The van der Waals surface area contributed by atoms with Crippen LogP contribution in [-0.2, 0) is 4.79 Å². The first-order valence-corrected chi connectivity index (χ1v) is 8.49. The molecule has 0 aromatic heterocycles. The van der Waals surface area contributed by atoms with Crippen molar-refractivity contribution in [1.29, 1.82) is 0 Å². The highest BCUT2D eigenvalue weighted by Crippen LogP contribution is 2.39. The molecule has 1 aromatic rings. The lowest BCUT2D eigenvalue weighted by molar-refractivity contribution is -0.134. The van der Waals surface area contributed by atoms with Crippen molar-refractivity contribution in [2.24, 2.45) is 0 Å². The first-order valence-electron chi connectivity index (χ1n) is 8.49. The second-order valence-corrected chi connectivity index (χ2v) is 6.62. The predicted molar refractivity (Wildman–Crippen MR) is 87.1 cm³/mol. The standard InChI is InChI=1S/C18H24N2O3/c1-2-12-20-15(13-6-8-14(9-7-13)16(21)22)19-18(17(20)23)10-4-3-5-11-18/h6-9,15,19H,2-5,10-12H2,1H3,(H,21,22)/t15-/m1/s1. The van der Waals surface area contributed by atoms with E-state index in [9.17, 15) is 9.59 Å². The van der Waals surface area contributed by atoms with E-state index in [0.29, 0.717) is 0 Å². The van der Waals surface area contributed by atoms with Gasteiger partial charge in [-0.15, -0.1) is 0 Å². The minimum absolute atomic E-state index is 0.150. The first kappa shape index (κ1) is 16.0. The fourth-order valence-corrected chi connectivity index (χ4v) is 3.85. The van der Waals surface area contributed by atoms with Gasteiger partial charge in [0.1, 0.15) is 6.17 Å². The van der Waals surface area contributed by atoms with Crippen LogP contribution in [0, 0.1) is 0 Å². The van der Waals surface area contributed by atoms with E-state index in [4.69, 9.17) is 5.11 Å². The SMILES string of the molecule is CCCN1C(=O)C2(CCCCC2)N[C@H]1c1ccc(C(=O)O)cc1. The summed E-state index contributed by atoms with van der Waals surface area (Å²) < 4.78 is 0. The lowest BCUT2D eigenvalue weighted by atomic mass is 9.81. The van der Waals surface area contributed by atoms with E-state index in [1.165, 1.54) is 6.42 Å². The van der Waals surface area contributed by atoms with Gasteiger partial charge < -0.3 is 10.0 Å². The molecule has 1 aliphatic heterocycles. The first-order chi connectivity index (χ1) is 11.1. The van der Waals surface area contributed by atoms with Gasteiger partial charge in [-0.05, 0) is 37.0 Å². The number of hydrogen-bond donors (Lipinski definition) is 2. The molecule has 1 heterocycles. The summed E-state index contributed by atoms with van der Waals surface area (Å²) in [5.74, 6) is -0.715. The Labute approximate surface area is 136 Å². The number of carboxylic acids is 1. The third-order valence-electron chi connectivity index (χ3n) is 5.04. The lowest BCUT2D eigenvalue weighted by Crippen LogP contribution is -2.48. The lowest BCUT2D eigenvalue weighted by Gasteiger charge is -2.31. The number of nitrogens with zero attached hydrogens (tertiary/aromatic N) is 1. The van der Waals surface area contributed by atoms with E-state index in [0.717, 1.165) is 44.2 Å². The van der Waals surface area contributed by atoms with Gasteiger partial charge in [0, 0.05) is 6.54 Å². The molecule has 0 bridgehead atoms. The van der Waals surface area contributed by atoms with Gasteiger partial charge in [-0.3, -0.25) is 10.1 Å². The van der Waals surface area contributed by atoms with Crippen molar-refractivity contribution in [2.75, 3.05) is 6.54 Å². The molecule has 2 aliphatic rings. The van der Waals surface area contributed by atoms with Gasteiger partial charge in [0.05, 0.1) is 11.1 Å². The Morgan fingerprint density at radius 2 is 1.91 bits per heavy atom. The Hall–Kier alpha value is -1.88. The fraction of sp³-hybridized carbons (Fsp3) is 0.556. The molecule has 0 unspecified atom stereocenters. The van der Waals surface area contributed by atoms with Gasteiger partial charge in [0.15, 0.2) is 0 Å². The summed E-state index contributed by atoms with van der Waals surface area (Å²) >= 11 is 0. The van der Waals surface area contributed by atoms with E-state index in [-0.39, 0.29) is 17.6 Å². The number of carbonyl (C=O) groups excluding carboxylic acids is 1. The Morgan fingerprint density at radius 1 is 1.26 bits per heavy atom. The van der Waals surface area contributed by atoms with Crippen LogP contribution in [0.25, 0.3) is 0 Å². The maximum absolute atomic E-state index is 13.0. The number of rotatable bonds is 4. The summed E-state index contributed by atoms with van der Waals surface area (Å²) in [7, 11) is 0. The molecule has 1 saturated heterocycles. The van der Waals surface area contributed by atoms with Crippen LogP contribution in [0.1, 0.15) is 67.5 Å². The zero-order valence-corrected chi connectivity index (χ0v) is 13.5. The van der Waals surface area contributed by atoms with Crippen molar-refractivity contribution in [1.82, 2.24) is 10.2 Å². The molecule has 2 fully saturated rings. The quantitative estimate of drug-likeness (QED) is 0.896. The molecule has 124 valence electrons. The Morgan fingerprint density at radius 3 is 2.48 bits per heavy atom. The van der Waals surface area contributed by atoms with Gasteiger partial charge in [-0.2, -0.15) is 0 Å². The van der Waals surface area contributed by atoms with Crippen LogP contribution in [0.2, 0.25) is 0 Å². The summed E-state index contributed by atoms with van der Waals surface area (Å²) in [6.45, 7) is 2.79. The predicted octanol–water partition coefficient (Wildman–Crippen LogP) is 2.93. The third-order valence-corrected chi connectivity index (χ3v) is 5.04. The monoisotopic (exact) mass is 316 g/mol. The molecule has 1 aliphatic carbocycles. The molecule has 1 aromatic carbocycles. The molecule has 2 N–H and O–H groups in total. The second-order valence-electron chi connectivity index (χ2n) is 6.62. The largest absolute Gasteiger partial charge is 0.478 e. The van der Waals surface area contributed by atoms with Crippen LogP contribution in [0.15, 0.2) is 24.3 Å². The van der Waals surface area contributed by atoms with Crippen LogP contribution in [0.3, 0.4) is 0 Å². The number of nitrogens with one attached hydrogen (secondary N) is 1. The highest BCUT2D eigenvalue weighted by Gasteiger charge is 2.51. The summed E-state index contributed by atoms with van der Waals surface area (Å²) in [4.78, 5) is 25.9. The minimum Gasteiger partial charge on any atom is -0.478 e. The highest BCUT2D eigenvalue weighted by molar-refractivity contribution is 5.89. The molecular formula is C18H24N2O3. The van der Waals surface area contributed by atoms with Crippen LogP contribution in [0.5, 0.6) is 0 Å². The average molecular weight is 316 g/mol. The van der Waals surface area contributed by atoms with Crippen molar-refractivity contribution >= 4 is 11.9 Å². The molecule has 5 heteroatoms. The molecule has 1 spiro atoms. The van der Waals surface area contributed by atoms with Crippen LogP contribution in [-0.4, -0.2) is 34.0 Å². The van der Waals surface area contributed by atoms with Crippen molar-refractivity contribution in [3.8, 4) is 0 Å². The van der Waals surface area contributed by atoms with Gasteiger partial charge in [-0.25, -0.2) is 4.79 Å². The highest BCUT2D eigenvalue weighted by atomic mass is 16.4. The molecule has 0 radical (unpaired) electrons. The van der Waals surface area contributed by atoms with E-state index in [1.807, 2.05) is 17.0 Å². The van der Waals surface area contributed by atoms with E-state index in [2.05, 4.69) is 12.2 Å². The topological polar surface area (TPSA) is 69.6 Å². The van der Waals surface area contributed by atoms with Crippen molar-refractivity contribution in [3.05, 3.63) is 35.4 Å². The van der Waals surface area contributed by atoms with Crippen LogP contribution < -0.4 is 5.32 Å². The number of benzene rings is 1.